The summed E-state index contributed by atoms with van der Waals surface area (Å²) in [6.07, 6.45) is 1.60. The van der Waals surface area contributed by atoms with E-state index in [2.05, 4.69) is 4.98 Å². The van der Waals surface area contributed by atoms with Crippen LogP contribution < -0.4 is 5.56 Å². The van der Waals surface area contributed by atoms with Crippen LogP contribution in [0.1, 0.15) is 0 Å². The van der Waals surface area contributed by atoms with Gasteiger partial charge in [-0.15, -0.1) is 0 Å². The van der Waals surface area contributed by atoms with Crippen LogP contribution in [0.3, 0.4) is 0 Å². The molecule has 0 amide bonds. The Morgan fingerprint density at radius 1 is 1.44 bits per heavy atom. The van der Waals surface area contributed by atoms with Crippen LogP contribution in [0.25, 0.3) is 0 Å². The summed E-state index contributed by atoms with van der Waals surface area (Å²) in [7, 11) is 0. The second-order valence-corrected chi connectivity index (χ2v) is 1.23. The predicted octanol–water partition coefficient (Wildman–Crippen LogP) is -0.185. The summed E-state index contributed by atoms with van der Waals surface area (Å²) in [4.78, 5) is 12.7. The first-order valence-corrected chi connectivity index (χ1v) is 3.67. The fourth-order valence-corrected chi connectivity index (χ4v) is 0.377. The molecular formula is C5H6NO2Zn. The molecule has 0 fully saturated rings. The molecule has 3 nitrogen and oxygen atoms in total. The molecule has 0 saturated heterocycles. The summed E-state index contributed by atoms with van der Waals surface area (Å²) >= 11 is 0.375. The second-order valence-electron chi connectivity index (χ2n) is 1.23. The number of H-pyrrole nitrogens is 1. The van der Waals surface area contributed by atoms with E-state index in [-0.39, 0.29) is 5.56 Å². The summed E-state index contributed by atoms with van der Waals surface area (Å²) in [5, 5.41) is 0. The summed E-state index contributed by atoms with van der Waals surface area (Å²) in [6.45, 7) is 0. The quantitative estimate of drug-likeness (QED) is 0.540. The zero-order valence-electron chi connectivity index (χ0n) is 4.87. The van der Waals surface area contributed by atoms with Gasteiger partial charge in [-0.2, -0.15) is 0 Å². The maximum absolute atomic E-state index is 10.2. The molecule has 0 atom stereocenters. The Hall–Kier alpha value is -0.467. The van der Waals surface area contributed by atoms with Gasteiger partial charge in [0.25, 0.3) is 0 Å². The van der Waals surface area contributed by atoms with Gasteiger partial charge >= 0.3 is 22.6 Å². The van der Waals surface area contributed by atoms with E-state index in [1.54, 1.807) is 18.3 Å². The summed E-state index contributed by atoms with van der Waals surface area (Å²) < 4.78 is 7.12. The van der Waals surface area contributed by atoms with Crippen LogP contribution in [0.4, 0.5) is 0 Å². The molecule has 0 aliphatic carbocycles. The van der Waals surface area contributed by atoms with Gasteiger partial charge < -0.3 is 4.98 Å². The molecule has 0 unspecified atom stereocenters. The number of pyridine rings is 1. The standard InChI is InChI=1S/C5H5NO.H2O.Zn/c7-5-3-1-2-4-6-5;;/h1-4H,(H,6,7);1H2;/q;;+1/p-1. The number of hydrogen-bond donors (Lipinski definition) is 2. The van der Waals surface area contributed by atoms with Crippen molar-refractivity contribution in [2.24, 2.45) is 0 Å². The molecule has 2 N–H and O–H groups in total. The van der Waals surface area contributed by atoms with Crippen LogP contribution in [-0.2, 0) is 18.7 Å². The molecule has 1 rings (SSSR count). The Labute approximate surface area is 62.8 Å². The van der Waals surface area contributed by atoms with Crippen LogP contribution in [0.5, 0.6) is 0 Å². The third-order valence-electron chi connectivity index (χ3n) is 0.681. The summed E-state index contributed by atoms with van der Waals surface area (Å²) in [5.74, 6) is 0. The van der Waals surface area contributed by atoms with E-state index in [9.17, 15) is 4.79 Å². The number of aromatic nitrogens is 1. The van der Waals surface area contributed by atoms with Crippen molar-refractivity contribution in [3.63, 3.8) is 0 Å². The Morgan fingerprint density at radius 2 is 2.11 bits per heavy atom. The number of aromatic amines is 1. The van der Waals surface area contributed by atoms with Crippen molar-refractivity contribution in [1.29, 1.82) is 0 Å². The van der Waals surface area contributed by atoms with Crippen LogP contribution in [0, 0.1) is 0 Å². The van der Waals surface area contributed by atoms with Crippen molar-refractivity contribution >= 4 is 0 Å². The van der Waals surface area contributed by atoms with Gasteiger partial charge in [0, 0.05) is 12.3 Å². The van der Waals surface area contributed by atoms with Crippen LogP contribution in [0.15, 0.2) is 29.2 Å². The normalized spacial score (nSPS) is 7.44. The van der Waals surface area contributed by atoms with Crippen LogP contribution in [-0.4, -0.2) is 8.92 Å². The Bertz CT molecular complexity index is 181. The van der Waals surface area contributed by atoms with Gasteiger partial charge in [-0.05, 0) is 6.07 Å². The molecule has 0 aliphatic heterocycles. The molecule has 1 heterocycles. The molecule has 1 aromatic rings. The van der Waals surface area contributed by atoms with E-state index in [0.29, 0.717) is 18.7 Å². The maximum atomic E-state index is 10.2. The van der Waals surface area contributed by atoms with Gasteiger partial charge in [-0.1, -0.05) is 6.07 Å². The van der Waals surface area contributed by atoms with Gasteiger partial charge in [0.05, 0.1) is 0 Å². The monoisotopic (exact) mass is 176 g/mol. The zero-order valence-corrected chi connectivity index (χ0v) is 7.84. The predicted molar refractivity (Wildman–Crippen MR) is 29.3 cm³/mol. The zero-order chi connectivity index (χ0) is 7.11. The fourth-order valence-electron chi connectivity index (χ4n) is 0.377. The molecule has 0 spiro atoms. The van der Waals surface area contributed by atoms with Crippen molar-refractivity contribution in [3.05, 3.63) is 34.7 Å². The third-order valence-corrected chi connectivity index (χ3v) is 0.681. The van der Waals surface area contributed by atoms with E-state index < -0.39 is 0 Å². The summed E-state index contributed by atoms with van der Waals surface area (Å²) in [6, 6.07) is 4.93. The van der Waals surface area contributed by atoms with Crippen molar-refractivity contribution in [2.45, 2.75) is 0 Å². The fraction of sp³-hybridized carbons (Fsp3) is 0. The average molecular weight is 177 g/mol. The molecule has 45 valence electrons. The molecule has 0 radical (unpaired) electrons. The van der Waals surface area contributed by atoms with Gasteiger partial charge in [0.2, 0.25) is 5.56 Å². The van der Waals surface area contributed by atoms with E-state index in [1.807, 2.05) is 0 Å². The Balaban J connectivity index is 0.000000291. The van der Waals surface area contributed by atoms with E-state index in [1.165, 1.54) is 6.07 Å². The van der Waals surface area contributed by atoms with E-state index >= 15 is 0 Å². The van der Waals surface area contributed by atoms with Gasteiger partial charge in [-0.25, -0.2) is 0 Å². The first-order chi connectivity index (χ1) is 4.39. The molecule has 1 aromatic heterocycles. The number of nitrogens with one attached hydrogen (secondary N) is 1. The summed E-state index contributed by atoms with van der Waals surface area (Å²) in [5.41, 5.74) is -0.0532. The molecular weight excluding hydrogens is 171 g/mol. The average Bonchev–Trinajstić information content (AvgIpc) is 1.94. The van der Waals surface area contributed by atoms with E-state index in [4.69, 9.17) is 3.93 Å². The van der Waals surface area contributed by atoms with Gasteiger partial charge in [0.1, 0.15) is 0 Å². The van der Waals surface area contributed by atoms with Gasteiger partial charge in [0.15, 0.2) is 0 Å². The Morgan fingerprint density at radius 3 is 2.33 bits per heavy atom. The topological polar surface area (TPSA) is 53.1 Å². The van der Waals surface area contributed by atoms with Crippen molar-refractivity contribution in [2.75, 3.05) is 0 Å². The second kappa shape index (κ2) is 5.67. The van der Waals surface area contributed by atoms with E-state index in [0.717, 1.165) is 0 Å². The first kappa shape index (κ1) is 8.53. The van der Waals surface area contributed by atoms with Crippen molar-refractivity contribution in [3.8, 4) is 0 Å². The van der Waals surface area contributed by atoms with Crippen LogP contribution >= 0.6 is 0 Å². The SMILES string of the molecule is O=c1cccc[nH]1.[OH][Zn]. The molecule has 0 aromatic carbocycles. The minimum absolute atomic E-state index is 0.0532. The van der Waals surface area contributed by atoms with Gasteiger partial charge in [-0.3, -0.25) is 4.79 Å². The third kappa shape index (κ3) is 4.06. The first-order valence-electron chi connectivity index (χ1n) is 2.35. The molecule has 9 heavy (non-hydrogen) atoms. The minimum atomic E-state index is -0.0532. The molecule has 0 saturated carbocycles. The number of rotatable bonds is 0. The molecule has 4 heteroatoms. The van der Waals surface area contributed by atoms with Crippen molar-refractivity contribution in [1.82, 2.24) is 4.98 Å². The number of hydrogen-bond acceptors (Lipinski definition) is 2. The Kier molecular flexibility index (Phi) is 5.37. The van der Waals surface area contributed by atoms with Crippen molar-refractivity contribution < 1.29 is 22.6 Å². The molecule has 0 aliphatic rings. The molecule has 0 bridgehead atoms. The van der Waals surface area contributed by atoms with Crippen LogP contribution in [0.2, 0.25) is 0 Å².